The number of ether oxygens (including phenoxy) is 1. The first kappa shape index (κ1) is 17.8. The van der Waals surface area contributed by atoms with Crippen LogP contribution in [-0.4, -0.2) is 29.4 Å². The molecule has 5 nitrogen and oxygen atoms in total. The summed E-state index contributed by atoms with van der Waals surface area (Å²) in [5.41, 5.74) is 1.50. The summed E-state index contributed by atoms with van der Waals surface area (Å²) in [6.45, 7) is 0.599. The summed E-state index contributed by atoms with van der Waals surface area (Å²) in [5.74, 6) is 1.90. The van der Waals surface area contributed by atoms with Crippen LogP contribution in [0.5, 0.6) is 5.75 Å². The Morgan fingerprint density at radius 3 is 2.76 bits per heavy atom. The van der Waals surface area contributed by atoms with Crippen molar-refractivity contribution < 1.29 is 13.9 Å². The molecule has 1 aliphatic carbocycles. The zero-order valence-corrected chi connectivity index (χ0v) is 14.9. The van der Waals surface area contributed by atoms with Crippen molar-refractivity contribution in [2.24, 2.45) is 0 Å². The zero-order valence-electron chi connectivity index (χ0n) is 14.2. The number of hydrogen-bond acceptors (Lipinski definition) is 4. The summed E-state index contributed by atoms with van der Waals surface area (Å²) in [5, 5.41) is 3.06. The smallest absolute Gasteiger partial charge is 0.226 e. The van der Waals surface area contributed by atoms with Crippen molar-refractivity contribution in [1.82, 2.24) is 10.3 Å². The van der Waals surface area contributed by atoms with Gasteiger partial charge in [-0.05, 0) is 43.5 Å². The summed E-state index contributed by atoms with van der Waals surface area (Å²) in [7, 11) is 0. The van der Waals surface area contributed by atoms with Crippen molar-refractivity contribution in [2.75, 3.05) is 12.5 Å². The van der Waals surface area contributed by atoms with E-state index < -0.39 is 0 Å². The van der Waals surface area contributed by atoms with Gasteiger partial charge in [0.05, 0.1) is 18.7 Å². The summed E-state index contributed by atoms with van der Waals surface area (Å²) in [6.07, 6.45) is 7.17. The zero-order chi connectivity index (χ0) is 17.5. The highest BCUT2D eigenvalue weighted by molar-refractivity contribution is 6.17. The molecule has 1 heterocycles. The lowest BCUT2D eigenvalue weighted by Crippen LogP contribution is -2.33. The van der Waals surface area contributed by atoms with Gasteiger partial charge >= 0.3 is 0 Å². The third kappa shape index (κ3) is 5.23. The Kier molecular flexibility index (Phi) is 6.34. The first-order valence-electron chi connectivity index (χ1n) is 8.77. The fourth-order valence-electron chi connectivity index (χ4n) is 2.97. The van der Waals surface area contributed by atoms with Crippen LogP contribution < -0.4 is 10.1 Å². The second-order valence-electron chi connectivity index (χ2n) is 6.29. The number of halogens is 1. The van der Waals surface area contributed by atoms with Crippen molar-refractivity contribution >= 4 is 17.5 Å². The first-order valence-corrected chi connectivity index (χ1v) is 9.31. The Balaban J connectivity index is 1.54. The predicted molar refractivity (Wildman–Crippen MR) is 96.9 cm³/mol. The van der Waals surface area contributed by atoms with E-state index in [4.69, 9.17) is 20.8 Å². The maximum atomic E-state index is 12.1. The number of nitrogens with one attached hydrogen (secondary N) is 1. The maximum absolute atomic E-state index is 12.1. The van der Waals surface area contributed by atoms with Crippen molar-refractivity contribution in [3.05, 3.63) is 36.2 Å². The summed E-state index contributed by atoms with van der Waals surface area (Å²) < 4.78 is 11.1. The Morgan fingerprint density at radius 1 is 1.28 bits per heavy atom. The Bertz CT molecular complexity index is 678. The topological polar surface area (TPSA) is 64.4 Å². The van der Waals surface area contributed by atoms with Crippen LogP contribution in [0.4, 0.5) is 0 Å². The molecule has 1 aliphatic rings. The molecule has 1 N–H and O–H groups in total. The van der Waals surface area contributed by atoms with Crippen LogP contribution in [0.2, 0.25) is 0 Å². The van der Waals surface area contributed by atoms with Gasteiger partial charge in [-0.15, -0.1) is 11.6 Å². The van der Waals surface area contributed by atoms with Crippen LogP contribution in [0.15, 0.2) is 34.9 Å². The van der Waals surface area contributed by atoms with Crippen LogP contribution in [0, 0.1) is 0 Å². The SMILES string of the molecule is O=C(Cc1coc(-c2ccc(OCCCCl)cc2)n1)NC1CCCC1. The molecule has 1 aromatic carbocycles. The molecule has 0 atom stereocenters. The van der Waals surface area contributed by atoms with E-state index in [1.807, 2.05) is 24.3 Å². The van der Waals surface area contributed by atoms with Gasteiger partial charge < -0.3 is 14.5 Å². The van der Waals surface area contributed by atoms with Gasteiger partial charge in [-0.2, -0.15) is 0 Å². The molecular formula is C19H23ClN2O3. The number of alkyl halides is 1. The van der Waals surface area contributed by atoms with E-state index in [0.29, 0.717) is 30.1 Å². The molecule has 25 heavy (non-hydrogen) atoms. The quantitative estimate of drug-likeness (QED) is 0.570. The van der Waals surface area contributed by atoms with E-state index in [1.54, 1.807) is 6.26 Å². The second kappa shape index (κ2) is 8.90. The van der Waals surface area contributed by atoms with E-state index in [2.05, 4.69) is 10.3 Å². The van der Waals surface area contributed by atoms with Crippen LogP contribution in [0.25, 0.3) is 11.5 Å². The second-order valence-corrected chi connectivity index (χ2v) is 6.66. The fraction of sp³-hybridized carbons (Fsp3) is 0.474. The van der Waals surface area contributed by atoms with E-state index >= 15 is 0 Å². The Morgan fingerprint density at radius 2 is 2.04 bits per heavy atom. The van der Waals surface area contributed by atoms with Gasteiger partial charge in [0.15, 0.2) is 0 Å². The Labute approximate surface area is 152 Å². The molecule has 1 saturated carbocycles. The van der Waals surface area contributed by atoms with Crippen molar-refractivity contribution in [1.29, 1.82) is 0 Å². The number of amides is 1. The molecule has 1 aromatic heterocycles. The van der Waals surface area contributed by atoms with E-state index in [1.165, 1.54) is 12.8 Å². The molecule has 0 bridgehead atoms. The van der Waals surface area contributed by atoms with Crippen LogP contribution in [0.3, 0.4) is 0 Å². The van der Waals surface area contributed by atoms with Gasteiger partial charge in [0, 0.05) is 17.5 Å². The van der Waals surface area contributed by atoms with Crippen molar-refractivity contribution in [3.8, 4) is 17.2 Å². The standard InChI is InChI=1S/C19H23ClN2O3/c20-10-3-11-24-17-8-6-14(7-9-17)19-22-16(13-25-19)12-18(23)21-15-4-1-2-5-15/h6-9,13,15H,1-5,10-12H2,(H,21,23). The first-order chi connectivity index (χ1) is 12.2. The maximum Gasteiger partial charge on any atom is 0.226 e. The van der Waals surface area contributed by atoms with Crippen LogP contribution >= 0.6 is 11.6 Å². The molecule has 3 rings (SSSR count). The molecular weight excluding hydrogens is 340 g/mol. The van der Waals surface area contributed by atoms with Crippen LogP contribution in [-0.2, 0) is 11.2 Å². The molecule has 0 aliphatic heterocycles. The highest BCUT2D eigenvalue weighted by Crippen LogP contribution is 2.22. The molecule has 0 radical (unpaired) electrons. The summed E-state index contributed by atoms with van der Waals surface area (Å²) >= 11 is 5.63. The van der Waals surface area contributed by atoms with Gasteiger partial charge in [0.1, 0.15) is 12.0 Å². The number of carbonyl (C=O) groups is 1. The minimum atomic E-state index is 0.00906. The minimum absolute atomic E-state index is 0.00906. The molecule has 6 heteroatoms. The number of benzene rings is 1. The van der Waals surface area contributed by atoms with E-state index in [0.717, 1.165) is 30.6 Å². The van der Waals surface area contributed by atoms with Gasteiger partial charge in [0.2, 0.25) is 11.8 Å². The number of aromatic nitrogens is 1. The lowest BCUT2D eigenvalue weighted by atomic mass is 10.2. The lowest BCUT2D eigenvalue weighted by Gasteiger charge is -2.10. The van der Waals surface area contributed by atoms with Gasteiger partial charge in [-0.3, -0.25) is 4.79 Å². The largest absolute Gasteiger partial charge is 0.494 e. The normalized spacial score (nSPS) is 14.6. The Hall–Kier alpha value is -2.01. The molecule has 0 unspecified atom stereocenters. The van der Waals surface area contributed by atoms with Gasteiger partial charge in [-0.1, -0.05) is 12.8 Å². The third-order valence-corrected chi connectivity index (χ3v) is 4.53. The van der Waals surface area contributed by atoms with E-state index in [9.17, 15) is 4.79 Å². The number of carbonyl (C=O) groups excluding carboxylic acids is 1. The minimum Gasteiger partial charge on any atom is -0.494 e. The molecule has 134 valence electrons. The number of oxazole rings is 1. The molecule has 0 saturated heterocycles. The average Bonchev–Trinajstić information content (AvgIpc) is 3.28. The highest BCUT2D eigenvalue weighted by atomic mass is 35.5. The van der Waals surface area contributed by atoms with Crippen molar-refractivity contribution in [3.63, 3.8) is 0 Å². The van der Waals surface area contributed by atoms with Gasteiger partial charge in [0.25, 0.3) is 0 Å². The number of rotatable bonds is 8. The van der Waals surface area contributed by atoms with E-state index in [-0.39, 0.29) is 12.3 Å². The predicted octanol–water partition coefficient (Wildman–Crippen LogP) is 3.95. The monoisotopic (exact) mass is 362 g/mol. The lowest BCUT2D eigenvalue weighted by molar-refractivity contribution is -0.121. The van der Waals surface area contributed by atoms with Crippen molar-refractivity contribution in [2.45, 2.75) is 44.6 Å². The average molecular weight is 363 g/mol. The number of nitrogens with zero attached hydrogens (tertiary/aromatic N) is 1. The molecule has 1 amide bonds. The molecule has 1 fully saturated rings. The molecule has 0 spiro atoms. The third-order valence-electron chi connectivity index (χ3n) is 4.26. The molecule has 2 aromatic rings. The number of hydrogen-bond donors (Lipinski definition) is 1. The van der Waals surface area contributed by atoms with Gasteiger partial charge in [-0.25, -0.2) is 4.98 Å². The highest BCUT2D eigenvalue weighted by Gasteiger charge is 2.18. The summed E-state index contributed by atoms with van der Waals surface area (Å²) in [6, 6.07) is 7.86. The fourth-order valence-corrected chi connectivity index (χ4v) is 3.08. The summed E-state index contributed by atoms with van der Waals surface area (Å²) in [4.78, 5) is 16.5. The van der Waals surface area contributed by atoms with Crippen LogP contribution in [0.1, 0.15) is 37.8 Å².